The summed E-state index contributed by atoms with van der Waals surface area (Å²) in [6.45, 7) is 1.19. The van der Waals surface area contributed by atoms with Crippen molar-refractivity contribution in [3.63, 3.8) is 0 Å². The highest BCUT2D eigenvalue weighted by Gasteiger charge is 2.30. The third-order valence-electron chi connectivity index (χ3n) is 1.21. The highest BCUT2D eigenvalue weighted by Crippen LogP contribution is 2.54. The first-order valence-corrected chi connectivity index (χ1v) is 6.88. The Hall–Kier alpha value is -0.0400. The predicted octanol–water partition coefficient (Wildman–Crippen LogP) is -0.276. The highest BCUT2D eigenvalue weighted by molar-refractivity contribution is 7.62. The van der Waals surface area contributed by atoms with Crippen molar-refractivity contribution in [2.45, 2.75) is 6.92 Å². The summed E-state index contributed by atoms with van der Waals surface area (Å²) in [7, 11) is -9.53. The Morgan fingerprint density at radius 2 is 1.93 bits per heavy atom. The van der Waals surface area contributed by atoms with Gasteiger partial charge in [0.15, 0.2) is 0 Å². The van der Waals surface area contributed by atoms with Crippen molar-refractivity contribution in [2.75, 3.05) is 13.2 Å². The molecule has 0 aromatic heterocycles. The van der Waals surface area contributed by atoms with Crippen molar-refractivity contribution >= 4 is 15.6 Å². The summed E-state index contributed by atoms with van der Waals surface area (Å²) in [5.74, 6) is 0. The Bertz CT molecular complexity index is 321. The molecule has 0 radical (unpaired) electrons. The molecule has 0 aliphatic carbocycles. The van der Waals surface area contributed by atoms with Gasteiger partial charge in [0, 0.05) is 6.54 Å². The van der Waals surface area contributed by atoms with Crippen molar-refractivity contribution in [1.29, 1.82) is 0 Å². The van der Waals surface area contributed by atoms with Gasteiger partial charge in [0.25, 0.3) is 0 Å². The van der Waals surface area contributed by atoms with Gasteiger partial charge in [0.2, 0.25) is 0 Å². The van der Waals surface area contributed by atoms with E-state index >= 15 is 0 Å². The van der Waals surface area contributed by atoms with Crippen molar-refractivity contribution in [3.05, 3.63) is 11.6 Å². The molecule has 0 spiro atoms. The largest absolute Gasteiger partial charge is 0.477 e. The van der Waals surface area contributed by atoms with Crippen molar-refractivity contribution < 1.29 is 33.2 Å². The minimum Gasteiger partial charge on any atom is -0.392 e. The van der Waals surface area contributed by atoms with Gasteiger partial charge in [-0.1, -0.05) is 11.6 Å². The third kappa shape index (κ3) is 8.92. The molecule has 0 saturated carbocycles. The Morgan fingerprint density at radius 1 is 1.40 bits per heavy atom. The van der Waals surface area contributed by atoms with Crippen LogP contribution in [0.5, 0.6) is 0 Å². The van der Waals surface area contributed by atoms with E-state index in [9.17, 15) is 9.13 Å². The minimum atomic E-state index is -5.01. The smallest absolute Gasteiger partial charge is 0.392 e. The van der Waals surface area contributed by atoms with Crippen LogP contribution in [0.25, 0.3) is 0 Å². The molecule has 0 aliphatic heterocycles. The van der Waals surface area contributed by atoms with Crippen LogP contribution in [-0.2, 0) is 13.4 Å². The molecular weight excluding hydrogens is 248 g/mol. The molecule has 15 heavy (non-hydrogen) atoms. The van der Waals surface area contributed by atoms with Gasteiger partial charge in [-0.3, -0.25) is 0 Å². The molecular formula is C5H13NO7P2. The normalized spacial score (nSPS) is 17.5. The third-order valence-corrected chi connectivity index (χ3v) is 3.51. The molecule has 0 heterocycles. The maximum absolute atomic E-state index is 11.0. The quantitative estimate of drug-likeness (QED) is 0.325. The fraction of sp³-hybridized carbons (Fsp3) is 0.600. The van der Waals surface area contributed by atoms with Crippen LogP contribution in [0.3, 0.4) is 0 Å². The molecule has 0 fully saturated rings. The molecule has 90 valence electrons. The van der Waals surface area contributed by atoms with E-state index in [1.54, 1.807) is 6.92 Å². The van der Waals surface area contributed by atoms with E-state index in [0.29, 0.717) is 5.57 Å². The zero-order chi connectivity index (χ0) is 12.1. The summed E-state index contributed by atoms with van der Waals surface area (Å²) in [6, 6.07) is 0. The molecule has 0 aromatic rings. The van der Waals surface area contributed by atoms with Gasteiger partial charge in [-0.25, -0.2) is 14.2 Å². The first kappa shape index (κ1) is 15.0. The Labute approximate surface area is 86.4 Å². The average molecular weight is 261 g/mol. The van der Waals surface area contributed by atoms with Gasteiger partial charge in [0.05, 0.1) is 6.61 Å². The number of hydrogen-bond acceptors (Lipinski definition) is 4. The van der Waals surface area contributed by atoms with Crippen LogP contribution in [0.1, 0.15) is 6.92 Å². The van der Waals surface area contributed by atoms with Crippen LogP contribution in [0, 0.1) is 0 Å². The van der Waals surface area contributed by atoms with E-state index in [0.717, 1.165) is 0 Å². The summed E-state index contributed by atoms with van der Waals surface area (Å²) in [6.07, 6.45) is 1.37. The van der Waals surface area contributed by atoms with Crippen molar-refractivity contribution in [3.8, 4) is 0 Å². The first-order chi connectivity index (χ1) is 6.66. The maximum atomic E-state index is 11.0. The second-order valence-electron chi connectivity index (χ2n) is 2.66. The standard InChI is InChI=1S/C5H13NO7P2/c1-5(2-3-7)4-6-14(8,9)13-15(10,11)12/h2,7H,3-4H2,1H3,(H2,6,8,9)(H2,10,11,12)/b5-2+. The molecule has 0 saturated heterocycles. The topological polar surface area (TPSA) is 136 Å². The summed E-state index contributed by atoms with van der Waals surface area (Å²) in [4.78, 5) is 25.5. The number of aliphatic hydroxyl groups excluding tert-OH is 1. The van der Waals surface area contributed by atoms with E-state index in [1.807, 2.05) is 5.09 Å². The molecule has 0 bridgehead atoms. The lowest BCUT2D eigenvalue weighted by Gasteiger charge is -2.13. The zero-order valence-corrected chi connectivity index (χ0v) is 9.69. The van der Waals surface area contributed by atoms with Crippen molar-refractivity contribution in [1.82, 2.24) is 5.09 Å². The molecule has 0 aromatic carbocycles. The van der Waals surface area contributed by atoms with E-state index in [2.05, 4.69) is 4.31 Å². The fourth-order valence-corrected chi connectivity index (χ4v) is 2.46. The van der Waals surface area contributed by atoms with Crippen molar-refractivity contribution in [2.24, 2.45) is 0 Å². The Kier molecular flexibility index (Phi) is 5.87. The Balaban J connectivity index is 4.23. The van der Waals surface area contributed by atoms with Crippen LogP contribution < -0.4 is 5.09 Å². The van der Waals surface area contributed by atoms with Crippen LogP contribution in [0.4, 0.5) is 0 Å². The average Bonchev–Trinajstić information content (AvgIpc) is 1.97. The van der Waals surface area contributed by atoms with Gasteiger partial charge in [-0.05, 0) is 6.92 Å². The minimum absolute atomic E-state index is 0.131. The predicted molar refractivity (Wildman–Crippen MR) is 51.8 cm³/mol. The van der Waals surface area contributed by atoms with Gasteiger partial charge < -0.3 is 19.8 Å². The lowest BCUT2D eigenvalue weighted by Crippen LogP contribution is -2.14. The van der Waals surface area contributed by atoms with Gasteiger partial charge >= 0.3 is 15.6 Å². The molecule has 10 heteroatoms. The molecule has 1 atom stereocenters. The first-order valence-electron chi connectivity index (χ1n) is 3.77. The number of nitrogens with one attached hydrogen (secondary N) is 1. The Morgan fingerprint density at radius 3 is 2.33 bits per heavy atom. The van der Waals surface area contributed by atoms with Crippen LogP contribution >= 0.6 is 15.6 Å². The van der Waals surface area contributed by atoms with E-state index in [-0.39, 0.29) is 13.2 Å². The maximum Gasteiger partial charge on any atom is 0.477 e. The van der Waals surface area contributed by atoms with Crippen LogP contribution in [0.2, 0.25) is 0 Å². The van der Waals surface area contributed by atoms with E-state index < -0.39 is 15.6 Å². The molecule has 0 rings (SSSR count). The zero-order valence-electron chi connectivity index (χ0n) is 7.90. The van der Waals surface area contributed by atoms with Crippen LogP contribution in [0.15, 0.2) is 11.6 Å². The summed E-state index contributed by atoms with van der Waals surface area (Å²) in [5, 5.41) is 10.4. The highest BCUT2D eigenvalue weighted by atomic mass is 31.3. The lowest BCUT2D eigenvalue weighted by atomic mass is 10.3. The molecule has 0 amide bonds. The fourth-order valence-electron chi connectivity index (χ4n) is 0.626. The second kappa shape index (κ2) is 5.89. The molecule has 0 aliphatic rings. The van der Waals surface area contributed by atoms with E-state index in [1.165, 1.54) is 6.08 Å². The van der Waals surface area contributed by atoms with E-state index in [4.69, 9.17) is 19.8 Å². The molecule has 1 unspecified atom stereocenters. The molecule has 5 N–H and O–H groups in total. The van der Waals surface area contributed by atoms with Crippen LogP contribution in [-0.4, -0.2) is 32.9 Å². The lowest BCUT2D eigenvalue weighted by molar-refractivity contribution is 0.259. The van der Waals surface area contributed by atoms with Gasteiger partial charge in [-0.15, -0.1) is 0 Å². The number of rotatable bonds is 6. The van der Waals surface area contributed by atoms with Gasteiger partial charge in [-0.2, -0.15) is 4.31 Å². The van der Waals surface area contributed by atoms with Gasteiger partial charge in [0.1, 0.15) is 0 Å². The molecule has 8 nitrogen and oxygen atoms in total. The number of aliphatic hydroxyl groups is 1. The number of hydrogen-bond donors (Lipinski definition) is 5. The second-order valence-corrected chi connectivity index (χ2v) is 5.65. The number of phosphoric acid groups is 1. The summed E-state index contributed by atoms with van der Waals surface area (Å²) < 4.78 is 24.9. The summed E-state index contributed by atoms with van der Waals surface area (Å²) >= 11 is 0. The SMILES string of the molecule is C/C(=C\CO)CNP(=O)(O)OP(=O)(O)O. The monoisotopic (exact) mass is 261 g/mol. The summed E-state index contributed by atoms with van der Waals surface area (Å²) in [5.41, 5.74) is 0.529.